The molecule has 8 heteroatoms. The van der Waals surface area contributed by atoms with Crippen LogP contribution in [0.25, 0.3) is 0 Å². The van der Waals surface area contributed by atoms with Crippen molar-refractivity contribution in [3.63, 3.8) is 0 Å². The van der Waals surface area contributed by atoms with E-state index in [4.69, 9.17) is 0 Å². The maximum absolute atomic E-state index is 13.2. The van der Waals surface area contributed by atoms with Crippen molar-refractivity contribution in [3.8, 4) is 0 Å². The summed E-state index contributed by atoms with van der Waals surface area (Å²) in [6.07, 6.45) is 6.17. The zero-order chi connectivity index (χ0) is 24.3. The first-order valence-electron chi connectivity index (χ1n) is 11.9. The molecule has 0 unspecified atom stereocenters. The maximum Gasteiger partial charge on any atom is 0.269 e. The Balaban J connectivity index is 1.59. The van der Waals surface area contributed by atoms with E-state index in [2.05, 4.69) is 5.32 Å². The van der Waals surface area contributed by atoms with Crippen molar-refractivity contribution < 1.29 is 14.5 Å². The van der Waals surface area contributed by atoms with Gasteiger partial charge in [-0.05, 0) is 37.3 Å². The minimum absolute atomic E-state index is 0.0507. The van der Waals surface area contributed by atoms with Crippen LogP contribution in [-0.4, -0.2) is 46.0 Å². The molecule has 182 valence electrons. The summed E-state index contributed by atoms with van der Waals surface area (Å²) in [4.78, 5) is 38.2. The van der Waals surface area contributed by atoms with E-state index in [-0.39, 0.29) is 29.3 Å². The van der Waals surface area contributed by atoms with Crippen molar-refractivity contribution in [1.29, 1.82) is 0 Å². The molecular weight excluding hydrogens is 450 g/mol. The van der Waals surface area contributed by atoms with Crippen LogP contribution in [0.15, 0.2) is 54.6 Å². The smallest absolute Gasteiger partial charge is 0.269 e. The maximum atomic E-state index is 13.2. The predicted molar refractivity (Wildman–Crippen MR) is 136 cm³/mol. The molecule has 1 fully saturated rings. The molecule has 0 heterocycles. The number of carbonyl (C=O) groups excluding carboxylic acids is 2. The molecule has 3 rings (SSSR count). The van der Waals surface area contributed by atoms with Gasteiger partial charge in [0.25, 0.3) is 5.69 Å². The van der Waals surface area contributed by atoms with Gasteiger partial charge in [-0.1, -0.05) is 61.7 Å². The number of nitrogens with zero attached hydrogens (tertiary/aromatic N) is 2. The molecule has 0 bridgehead atoms. The molecule has 2 amide bonds. The summed E-state index contributed by atoms with van der Waals surface area (Å²) in [6, 6.07) is 16.0. The number of hydrogen-bond donors (Lipinski definition) is 1. The number of benzene rings is 2. The van der Waals surface area contributed by atoms with E-state index in [9.17, 15) is 19.7 Å². The molecule has 7 nitrogen and oxygen atoms in total. The second-order valence-corrected chi connectivity index (χ2v) is 9.74. The number of amides is 2. The van der Waals surface area contributed by atoms with Crippen molar-refractivity contribution in [3.05, 3.63) is 75.8 Å². The lowest BCUT2D eigenvalue weighted by atomic mass is 9.95. The molecule has 0 aliphatic heterocycles. The molecule has 0 radical (unpaired) electrons. The number of hydrogen-bond acceptors (Lipinski definition) is 5. The van der Waals surface area contributed by atoms with E-state index in [0.29, 0.717) is 18.7 Å². The van der Waals surface area contributed by atoms with Gasteiger partial charge in [-0.3, -0.25) is 19.7 Å². The van der Waals surface area contributed by atoms with Crippen molar-refractivity contribution >= 4 is 29.3 Å². The molecule has 1 aliphatic rings. The number of thioether (sulfide) groups is 1. The van der Waals surface area contributed by atoms with Crippen LogP contribution in [0, 0.1) is 10.1 Å². The van der Waals surface area contributed by atoms with Crippen LogP contribution in [0.2, 0.25) is 0 Å². The minimum atomic E-state index is -0.543. The number of rotatable bonds is 11. The largest absolute Gasteiger partial charge is 0.352 e. The molecule has 2 aromatic rings. The van der Waals surface area contributed by atoms with Gasteiger partial charge in [0, 0.05) is 30.5 Å². The molecular formula is C26H33N3O4S. The number of nitrogens with one attached hydrogen (secondary N) is 1. The Morgan fingerprint density at radius 2 is 1.74 bits per heavy atom. The molecule has 1 saturated carbocycles. The van der Waals surface area contributed by atoms with Crippen LogP contribution in [0.1, 0.15) is 50.2 Å². The normalized spacial score (nSPS) is 14.9. The number of non-ortho nitro benzene ring substituents is 1. The molecule has 2 aromatic carbocycles. The Labute approximate surface area is 205 Å². The predicted octanol–water partition coefficient (Wildman–Crippen LogP) is 4.74. The summed E-state index contributed by atoms with van der Waals surface area (Å²) >= 11 is 1.45. The summed E-state index contributed by atoms with van der Waals surface area (Å²) in [7, 11) is 0. The first-order chi connectivity index (χ1) is 16.4. The van der Waals surface area contributed by atoms with Gasteiger partial charge in [-0.15, -0.1) is 11.8 Å². The first kappa shape index (κ1) is 25.7. The van der Waals surface area contributed by atoms with E-state index in [1.54, 1.807) is 17.0 Å². The quantitative estimate of drug-likeness (QED) is 0.368. The number of nitro groups is 1. The fourth-order valence-corrected chi connectivity index (χ4v) is 5.06. The van der Waals surface area contributed by atoms with Crippen LogP contribution in [0.5, 0.6) is 0 Å². The summed E-state index contributed by atoms with van der Waals surface area (Å²) in [5.41, 5.74) is 2.09. The second-order valence-electron chi connectivity index (χ2n) is 8.76. The van der Waals surface area contributed by atoms with Gasteiger partial charge in [-0.25, -0.2) is 0 Å². The summed E-state index contributed by atoms with van der Waals surface area (Å²) in [6.45, 7) is 2.28. The zero-order valence-electron chi connectivity index (χ0n) is 19.7. The van der Waals surface area contributed by atoms with Crippen molar-refractivity contribution in [2.75, 3.05) is 12.3 Å². The molecule has 1 atom stereocenters. The molecule has 34 heavy (non-hydrogen) atoms. The molecule has 0 saturated heterocycles. The highest BCUT2D eigenvalue weighted by Gasteiger charge is 2.27. The highest BCUT2D eigenvalue weighted by Crippen LogP contribution is 2.19. The topological polar surface area (TPSA) is 92.6 Å². The summed E-state index contributed by atoms with van der Waals surface area (Å²) in [5, 5.41) is 14.0. The third-order valence-corrected chi connectivity index (χ3v) is 7.23. The van der Waals surface area contributed by atoms with E-state index < -0.39 is 11.0 Å². The van der Waals surface area contributed by atoms with Gasteiger partial charge in [0.1, 0.15) is 6.04 Å². The van der Waals surface area contributed by atoms with Crippen LogP contribution >= 0.6 is 11.8 Å². The first-order valence-corrected chi connectivity index (χ1v) is 13.0. The minimum Gasteiger partial charge on any atom is -0.352 e. The Kier molecular flexibility index (Phi) is 9.94. The van der Waals surface area contributed by atoms with E-state index in [1.807, 2.05) is 37.3 Å². The molecule has 1 N–H and O–H groups in total. The van der Waals surface area contributed by atoms with Crippen molar-refractivity contribution in [2.45, 2.75) is 63.3 Å². The number of nitro benzene ring substituents is 1. The lowest BCUT2D eigenvalue weighted by molar-refractivity contribution is -0.384. The van der Waals surface area contributed by atoms with Crippen molar-refractivity contribution in [1.82, 2.24) is 10.2 Å². The zero-order valence-corrected chi connectivity index (χ0v) is 20.5. The van der Waals surface area contributed by atoms with Crippen molar-refractivity contribution in [2.24, 2.45) is 0 Å². The average molecular weight is 484 g/mol. The van der Waals surface area contributed by atoms with E-state index in [0.717, 1.165) is 36.8 Å². The Morgan fingerprint density at radius 3 is 2.38 bits per heavy atom. The van der Waals surface area contributed by atoms with Gasteiger partial charge in [0.15, 0.2) is 0 Å². The summed E-state index contributed by atoms with van der Waals surface area (Å²) in [5.74, 6) is 0.647. The van der Waals surface area contributed by atoms with Crippen LogP contribution in [-0.2, 0) is 21.8 Å². The highest BCUT2D eigenvalue weighted by atomic mass is 32.2. The van der Waals surface area contributed by atoms with Gasteiger partial charge in [0.05, 0.1) is 10.7 Å². The van der Waals surface area contributed by atoms with Gasteiger partial charge >= 0.3 is 0 Å². The third kappa shape index (κ3) is 7.87. The van der Waals surface area contributed by atoms with Gasteiger partial charge < -0.3 is 10.2 Å². The Hall–Kier alpha value is -2.87. The van der Waals surface area contributed by atoms with Crippen LogP contribution in [0.3, 0.4) is 0 Å². The summed E-state index contributed by atoms with van der Waals surface area (Å²) < 4.78 is 0. The Bertz CT molecular complexity index is 946. The fraction of sp³-hybridized carbons (Fsp3) is 0.462. The molecule has 0 aromatic heterocycles. The SMILES string of the molecule is C[C@H](C(=O)NC1CCCCC1)N(CCc1ccccc1)C(=O)CSCc1ccc([N+](=O)[O-])cc1. The fourth-order valence-electron chi connectivity index (χ4n) is 4.19. The standard InChI is InChI=1S/C26H33N3O4S/c1-20(26(31)27-23-10-6-3-7-11-23)28(17-16-21-8-4-2-5-9-21)25(30)19-34-18-22-12-14-24(15-13-22)29(32)33/h2,4-5,8-9,12-15,20,23H,3,6-7,10-11,16-19H2,1H3,(H,27,31)/t20-/m1/s1. The monoisotopic (exact) mass is 483 g/mol. The van der Waals surface area contributed by atoms with Gasteiger partial charge in [-0.2, -0.15) is 0 Å². The van der Waals surface area contributed by atoms with Gasteiger partial charge in [0.2, 0.25) is 11.8 Å². The van der Waals surface area contributed by atoms with E-state index >= 15 is 0 Å². The third-order valence-electron chi connectivity index (χ3n) is 6.24. The number of carbonyl (C=O) groups is 2. The molecule has 1 aliphatic carbocycles. The average Bonchev–Trinajstić information content (AvgIpc) is 2.85. The Morgan fingerprint density at radius 1 is 1.06 bits per heavy atom. The highest BCUT2D eigenvalue weighted by molar-refractivity contribution is 7.99. The lowest BCUT2D eigenvalue weighted by Gasteiger charge is -2.31. The van der Waals surface area contributed by atoms with Crippen LogP contribution < -0.4 is 5.32 Å². The molecule has 0 spiro atoms. The van der Waals surface area contributed by atoms with Crippen LogP contribution in [0.4, 0.5) is 5.69 Å². The van der Waals surface area contributed by atoms with E-state index in [1.165, 1.54) is 30.3 Å². The lowest BCUT2D eigenvalue weighted by Crippen LogP contribution is -2.51. The second kappa shape index (κ2) is 13.1.